The third-order valence-electron chi connectivity index (χ3n) is 3.32. The largest absolute Gasteiger partial charge is 0.418 e. The summed E-state index contributed by atoms with van der Waals surface area (Å²) in [6.45, 7) is 1.94. The van der Waals surface area contributed by atoms with Gasteiger partial charge in [0.05, 0.1) is 12.6 Å². The lowest BCUT2D eigenvalue weighted by atomic mass is 10.0. The molecule has 0 radical (unpaired) electrons. The van der Waals surface area contributed by atoms with Crippen LogP contribution in [0.3, 0.4) is 0 Å². The highest BCUT2D eigenvalue weighted by molar-refractivity contribution is 7.80. The smallest absolute Gasteiger partial charge is 0.326 e. The number of nitrogens with one attached hydrogen (secondary N) is 1. The van der Waals surface area contributed by atoms with E-state index in [1.807, 2.05) is 0 Å². The highest BCUT2D eigenvalue weighted by Crippen LogP contribution is 2.30. The van der Waals surface area contributed by atoms with Crippen LogP contribution in [-0.4, -0.2) is 66.1 Å². The standard InChI is InChI=1S/C10H18N4O7S/c1-6(11)5-20-12-9(15)8-3-2-7-4-13(8)10(16)14(7)21-22(17,18)19/h6-8H,2-5,11H2,1H3,(H,12,15)(H,17,18,19)/t6-,7+,8?/m0/s1. The fraction of sp³-hybridized carbons (Fsp3) is 0.800. The predicted molar refractivity (Wildman–Crippen MR) is 71.1 cm³/mol. The van der Waals surface area contributed by atoms with Gasteiger partial charge < -0.3 is 10.6 Å². The Morgan fingerprint density at radius 1 is 1.55 bits per heavy atom. The molecule has 4 N–H and O–H groups in total. The number of hydroxylamine groups is 3. The van der Waals surface area contributed by atoms with Crippen molar-refractivity contribution in [2.24, 2.45) is 5.73 Å². The van der Waals surface area contributed by atoms with E-state index in [-0.39, 0.29) is 19.2 Å². The summed E-state index contributed by atoms with van der Waals surface area (Å²) in [4.78, 5) is 30.2. The fourth-order valence-corrected chi connectivity index (χ4v) is 2.80. The third-order valence-corrected chi connectivity index (χ3v) is 3.67. The van der Waals surface area contributed by atoms with Gasteiger partial charge in [0.2, 0.25) is 0 Å². The number of carbonyl (C=O) groups excluding carboxylic acids is 2. The first kappa shape index (κ1) is 16.9. The molecule has 1 unspecified atom stereocenters. The molecule has 0 aromatic carbocycles. The minimum atomic E-state index is -4.80. The second-order valence-electron chi connectivity index (χ2n) is 5.26. The number of urea groups is 1. The summed E-state index contributed by atoms with van der Waals surface area (Å²) in [5, 5.41) is 0.575. The highest BCUT2D eigenvalue weighted by atomic mass is 32.3. The van der Waals surface area contributed by atoms with Crippen molar-refractivity contribution in [3.63, 3.8) is 0 Å². The van der Waals surface area contributed by atoms with Crippen LogP contribution < -0.4 is 11.2 Å². The summed E-state index contributed by atoms with van der Waals surface area (Å²) >= 11 is 0. The van der Waals surface area contributed by atoms with Crippen LogP contribution in [0.25, 0.3) is 0 Å². The molecule has 2 rings (SSSR count). The maximum absolute atomic E-state index is 12.1. The maximum Gasteiger partial charge on any atom is 0.418 e. The van der Waals surface area contributed by atoms with Crippen molar-refractivity contribution in [3.8, 4) is 0 Å². The van der Waals surface area contributed by atoms with Gasteiger partial charge in [-0.2, -0.15) is 13.5 Å². The molecule has 0 aliphatic carbocycles. The molecule has 0 aromatic heterocycles. The zero-order valence-electron chi connectivity index (χ0n) is 11.8. The van der Waals surface area contributed by atoms with Crippen molar-refractivity contribution in [2.45, 2.75) is 37.9 Å². The van der Waals surface area contributed by atoms with E-state index in [1.54, 1.807) is 6.92 Å². The first-order valence-electron chi connectivity index (χ1n) is 6.63. The van der Waals surface area contributed by atoms with Crippen LogP contribution in [0, 0.1) is 0 Å². The maximum atomic E-state index is 12.1. The molecule has 2 bridgehead atoms. The van der Waals surface area contributed by atoms with Crippen LogP contribution in [0.2, 0.25) is 0 Å². The molecule has 2 fully saturated rings. The molecule has 11 nitrogen and oxygen atoms in total. The topological polar surface area (TPSA) is 151 Å². The Bertz CT molecular complexity index is 551. The number of fused-ring (bicyclic) bond motifs is 2. The van der Waals surface area contributed by atoms with Crippen molar-refractivity contribution >= 4 is 22.3 Å². The molecule has 126 valence electrons. The van der Waals surface area contributed by atoms with Crippen molar-refractivity contribution in [1.82, 2.24) is 15.4 Å². The Morgan fingerprint density at radius 3 is 2.82 bits per heavy atom. The lowest BCUT2D eigenvalue weighted by molar-refractivity contribution is -0.139. The Morgan fingerprint density at radius 2 is 2.23 bits per heavy atom. The molecule has 0 saturated carbocycles. The van der Waals surface area contributed by atoms with Crippen molar-refractivity contribution < 1.29 is 31.7 Å². The Balaban J connectivity index is 1.98. The van der Waals surface area contributed by atoms with Crippen molar-refractivity contribution in [2.75, 3.05) is 13.2 Å². The molecule has 2 aliphatic heterocycles. The monoisotopic (exact) mass is 338 g/mol. The average molecular weight is 338 g/mol. The van der Waals surface area contributed by atoms with E-state index in [2.05, 4.69) is 9.76 Å². The summed E-state index contributed by atoms with van der Waals surface area (Å²) in [6.07, 6.45) is 0.665. The van der Waals surface area contributed by atoms with E-state index in [1.165, 1.54) is 4.90 Å². The number of nitrogens with zero attached hydrogens (tertiary/aromatic N) is 2. The van der Waals surface area contributed by atoms with E-state index in [0.29, 0.717) is 17.9 Å². The van der Waals surface area contributed by atoms with Gasteiger partial charge in [-0.25, -0.2) is 10.3 Å². The highest BCUT2D eigenvalue weighted by Gasteiger charge is 2.49. The number of amides is 3. The van der Waals surface area contributed by atoms with E-state index < -0.39 is 34.4 Å². The summed E-state index contributed by atoms with van der Waals surface area (Å²) in [5.74, 6) is -0.527. The molecular weight excluding hydrogens is 320 g/mol. The zero-order valence-corrected chi connectivity index (χ0v) is 12.7. The number of rotatable bonds is 6. The quantitative estimate of drug-likeness (QED) is 0.386. The number of piperidine rings is 1. The number of hydrogen-bond donors (Lipinski definition) is 3. The van der Waals surface area contributed by atoms with Gasteiger partial charge in [0.15, 0.2) is 0 Å². The van der Waals surface area contributed by atoms with Crippen molar-refractivity contribution in [3.05, 3.63) is 0 Å². The first-order chi connectivity index (χ1) is 10.2. The van der Waals surface area contributed by atoms with Gasteiger partial charge in [-0.05, 0) is 19.8 Å². The van der Waals surface area contributed by atoms with Gasteiger partial charge in [0.1, 0.15) is 6.04 Å². The van der Waals surface area contributed by atoms with Gasteiger partial charge in [-0.3, -0.25) is 14.2 Å². The molecule has 3 amide bonds. The molecule has 2 heterocycles. The normalized spacial score (nSPS) is 26.2. The molecular formula is C10H18N4O7S. The van der Waals surface area contributed by atoms with Crippen LogP contribution in [-0.2, 0) is 24.3 Å². The van der Waals surface area contributed by atoms with Crippen LogP contribution in [0.4, 0.5) is 4.79 Å². The second kappa shape index (κ2) is 6.34. The van der Waals surface area contributed by atoms with Gasteiger partial charge in [-0.1, -0.05) is 0 Å². The molecule has 2 aliphatic rings. The number of carbonyl (C=O) groups is 2. The van der Waals surface area contributed by atoms with Crippen molar-refractivity contribution in [1.29, 1.82) is 0 Å². The van der Waals surface area contributed by atoms with E-state index in [4.69, 9.17) is 15.1 Å². The van der Waals surface area contributed by atoms with Gasteiger partial charge in [0.25, 0.3) is 5.91 Å². The summed E-state index contributed by atoms with van der Waals surface area (Å²) in [6, 6.07) is -2.40. The molecule has 0 aromatic rings. The third kappa shape index (κ3) is 3.84. The van der Waals surface area contributed by atoms with E-state index >= 15 is 0 Å². The Hall–Kier alpha value is -1.47. The second-order valence-corrected chi connectivity index (χ2v) is 6.27. The predicted octanol–water partition coefficient (Wildman–Crippen LogP) is -1.62. The molecule has 2 saturated heterocycles. The summed E-state index contributed by atoms with van der Waals surface area (Å²) in [7, 11) is -4.80. The average Bonchev–Trinajstić information content (AvgIpc) is 2.62. The van der Waals surface area contributed by atoms with Gasteiger partial charge in [-0.15, -0.1) is 4.28 Å². The number of hydrogen-bond acceptors (Lipinski definition) is 7. The minimum absolute atomic E-state index is 0.118. The van der Waals surface area contributed by atoms with Gasteiger partial charge in [0, 0.05) is 12.6 Å². The SMILES string of the molecule is C[C@H](N)CONC(=O)C1CC[C@@H]2CN1C(=O)N2OS(=O)(=O)O. The summed E-state index contributed by atoms with van der Waals surface area (Å²) < 4.78 is 34.4. The number of nitrogens with two attached hydrogens (primary N) is 1. The lowest BCUT2D eigenvalue weighted by Gasteiger charge is -2.28. The van der Waals surface area contributed by atoms with Crippen LogP contribution in [0.1, 0.15) is 19.8 Å². The molecule has 12 heteroatoms. The van der Waals surface area contributed by atoms with Gasteiger partial charge >= 0.3 is 16.4 Å². The molecule has 0 spiro atoms. The Labute approximate surface area is 127 Å². The lowest BCUT2D eigenvalue weighted by Crippen LogP contribution is -2.50. The van der Waals surface area contributed by atoms with Crippen LogP contribution in [0.15, 0.2) is 0 Å². The van der Waals surface area contributed by atoms with Crippen LogP contribution in [0.5, 0.6) is 0 Å². The first-order valence-corrected chi connectivity index (χ1v) is 7.99. The Kier molecular flexibility index (Phi) is 4.87. The van der Waals surface area contributed by atoms with E-state index in [0.717, 1.165) is 0 Å². The zero-order chi connectivity index (χ0) is 16.5. The summed E-state index contributed by atoms with van der Waals surface area (Å²) in [5.41, 5.74) is 7.68. The molecule has 3 atom stereocenters. The fourth-order valence-electron chi connectivity index (χ4n) is 2.42. The van der Waals surface area contributed by atoms with E-state index in [9.17, 15) is 18.0 Å². The minimum Gasteiger partial charge on any atom is -0.326 e. The van der Waals surface area contributed by atoms with Crippen LogP contribution >= 0.6 is 0 Å². The molecule has 22 heavy (non-hydrogen) atoms.